The molecule has 0 aromatic carbocycles. The highest BCUT2D eigenvalue weighted by Crippen LogP contribution is 1.98. The van der Waals surface area contributed by atoms with Gasteiger partial charge in [-0.3, -0.25) is 0 Å². The van der Waals surface area contributed by atoms with E-state index in [-0.39, 0.29) is 0 Å². The molecule has 0 bridgehead atoms. The zero-order valence-electron chi connectivity index (χ0n) is 7.05. The summed E-state index contributed by atoms with van der Waals surface area (Å²) in [6.45, 7) is 1.74. The van der Waals surface area contributed by atoms with E-state index in [9.17, 15) is 0 Å². The fourth-order valence-corrected chi connectivity index (χ4v) is 1.20. The molecule has 0 saturated heterocycles. The van der Waals surface area contributed by atoms with Crippen LogP contribution in [0.25, 0.3) is 5.52 Å². The number of fused-ring (bicyclic) bond motifs is 1. The van der Waals surface area contributed by atoms with Crippen molar-refractivity contribution in [2.45, 2.75) is 6.92 Å². The van der Waals surface area contributed by atoms with Crippen molar-refractivity contribution < 1.29 is 10.0 Å². The van der Waals surface area contributed by atoms with Crippen LogP contribution in [0.5, 0.6) is 0 Å². The van der Waals surface area contributed by atoms with Crippen LogP contribution >= 0.6 is 0 Å². The van der Waals surface area contributed by atoms with E-state index in [4.69, 9.17) is 10.0 Å². The molecule has 0 spiro atoms. The lowest BCUT2D eigenvalue weighted by atomic mass is 9.87. The van der Waals surface area contributed by atoms with Gasteiger partial charge in [0.05, 0.1) is 17.3 Å². The lowest BCUT2D eigenvalue weighted by Crippen LogP contribution is -2.34. The second-order valence-electron chi connectivity index (χ2n) is 2.77. The second-order valence-corrected chi connectivity index (χ2v) is 2.77. The second kappa shape index (κ2) is 2.83. The van der Waals surface area contributed by atoms with Gasteiger partial charge in [0, 0.05) is 0 Å². The fourth-order valence-electron chi connectivity index (χ4n) is 1.20. The molecule has 6 heteroatoms. The van der Waals surface area contributed by atoms with Crippen LogP contribution in [0.2, 0.25) is 0 Å². The van der Waals surface area contributed by atoms with E-state index < -0.39 is 7.12 Å². The SMILES string of the molecule is Cc1ncc2ccc(B(O)O)n2n1. The molecule has 0 saturated carbocycles. The molecule has 0 amide bonds. The maximum Gasteiger partial charge on any atom is 0.508 e. The van der Waals surface area contributed by atoms with Gasteiger partial charge in [0.15, 0.2) is 0 Å². The highest BCUT2D eigenvalue weighted by molar-refractivity contribution is 6.57. The molecule has 0 atom stereocenters. The Balaban J connectivity index is 2.71. The molecule has 5 nitrogen and oxygen atoms in total. The maximum atomic E-state index is 8.98. The summed E-state index contributed by atoms with van der Waals surface area (Å²) in [6.07, 6.45) is 1.63. The monoisotopic (exact) mass is 177 g/mol. The summed E-state index contributed by atoms with van der Waals surface area (Å²) in [5, 5.41) is 22.0. The van der Waals surface area contributed by atoms with Crippen LogP contribution < -0.4 is 5.59 Å². The van der Waals surface area contributed by atoms with Crippen molar-refractivity contribution in [3.63, 3.8) is 0 Å². The maximum absolute atomic E-state index is 8.98. The zero-order valence-corrected chi connectivity index (χ0v) is 7.05. The highest BCUT2D eigenvalue weighted by atomic mass is 16.4. The standard InChI is InChI=1S/C7H8BN3O2/c1-5-9-4-6-2-3-7(8(12)13)11(6)10-5/h2-4,12-13H,1H3. The minimum atomic E-state index is -1.50. The van der Waals surface area contributed by atoms with E-state index in [1.165, 1.54) is 4.52 Å². The van der Waals surface area contributed by atoms with Gasteiger partial charge < -0.3 is 10.0 Å². The highest BCUT2D eigenvalue weighted by Gasteiger charge is 2.16. The van der Waals surface area contributed by atoms with Crippen molar-refractivity contribution in [2.24, 2.45) is 0 Å². The van der Waals surface area contributed by atoms with E-state index in [1.54, 1.807) is 25.3 Å². The first-order chi connectivity index (χ1) is 6.18. The Labute approximate surface area is 74.8 Å². The van der Waals surface area contributed by atoms with Gasteiger partial charge in [0.2, 0.25) is 0 Å². The number of aromatic nitrogens is 3. The molecule has 2 heterocycles. The van der Waals surface area contributed by atoms with Gasteiger partial charge in [-0.05, 0) is 19.1 Å². The summed E-state index contributed by atoms with van der Waals surface area (Å²) in [4.78, 5) is 3.98. The van der Waals surface area contributed by atoms with Crippen LogP contribution in [-0.2, 0) is 0 Å². The topological polar surface area (TPSA) is 70.7 Å². The van der Waals surface area contributed by atoms with E-state index in [1.807, 2.05) is 0 Å². The Bertz CT molecular complexity index is 440. The Hall–Kier alpha value is -1.40. The lowest BCUT2D eigenvalue weighted by molar-refractivity contribution is 0.423. The Morgan fingerprint density at radius 1 is 1.38 bits per heavy atom. The van der Waals surface area contributed by atoms with Gasteiger partial charge in [0.1, 0.15) is 5.82 Å². The van der Waals surface area contributed by atoms with Crippen LogP contribution in [0.3, 0.4) is 0 Å². The zero-order chi connectivity index (χ0) is 9.42. The van der Waals surface area contributed by atoms with E-state index in [0.29, 0.717) is 11.4 Å². The molecule has 2 aromatic rings. The van der Waals surface area contributed by atoms with Gasteiger partial charge in [0.25, 0.3) is 0 Å². The number of nitrogens with zero attached hydrogens (tertiary/aromatic N) is 3. The van der Waals surface area contributed by atoms with Crippen LogP contribution in [0.15, 0.2) is 18.3 Å². The molecule has 66 valence electrons. The summed E-state index contributed by atoms with van der Waals surface area (Å²) in [7, 11) is -1.50. The van der Waals surface area contributed by atoms with Crippen molar-refractivity contribution in [1.82, 2.24) is 14.6 Å². The number of aryl methyl sites for hydroxylation is 1. The third-order valence-corrected chi connectivity index (χ3v) is 1.81. The van der Waals surface area contributed by atoms with Crippen molar-refractivity contribution in [1.29, 1.82) is 0 Å². The summed E-state index contributed by atoms with van der Waals surface area (Å²) in [5.74, 6) is 0.589. The fraction of sp³-hybridized carbons (Fsp3) is 0.143. The molecular weight excluding hydrogens is 169 g/mol. The molecule has 0 unspecified atom stereocenters. The summed E-state index contributed by atoms with van der Waals surface area (Å²) in [6, 6.07) is 3.34. The van der Waals surface area contributed by atoms with Crippen LogP contribution in [0.1, 0.15) is 5.82 Å². The third-order valence-electron chi connectivity index (χ3n) is 1.81. The predicted molar refractivity (Wildman–Crippen MR) is 47.5 cm³/mol. The van der Waals surface area contributed by atoms with E-state index >= 15 is 0 Å². The minimum Gasteiger partial charge on any atom is -0.422 e. The van der Waals surface area contributed by atoms with Crippen molar-refractivity contribution in [3.8, 4) is 0 Å². The molecule has 13 heavy (non-hydrogen) atoms. The smallest absolute Gasteiger partial charge is 0.422 e. The molecular formula is C7H8BN3O2. The number of hydrogen-bond donors (Lipinski definition) is 2. The Kier molecular flexibility index (Phi) is 1.79. The summed E-state index contributed by atoms with van der Waals surface area (Å²) in [5.41, 5.74) is 1.09. The van der Waals surface area contributed by atoms with Crippen LogP contribution in [0.4, 0.5) is 0 Å². The van der Waals surface area contributed by atoms with Gasteiger partial charge in [-0.15, -0.1) is 0 Å². The van der Waals surface area contributed by atoms with Crippen molar-refractivity contribution in [2.75, 3.05) is 0 Å². The lowest BCUT2D eigenvalue weighted by Gasteiger charge is -2.00. The predicted octanol–water partition coefficient (Wildman–Crippen LogP) is -1.28. The van der Waals surface area contributed by atoms with Crippen LogP contribution in [-0.4, -0.2) is 31.8 Å². The van der Waals surface area contributed by atoms with Gasteiger partial charge >= 0.3 is 7.12 Å². The first kappa shape index (κ1) is 8.21. The summed E-state index contributed by atoms with van der Waals surface area (Å²) >= 11 is 0. The molecule has 2 rings (SSSR count). The molecule has 0 aliphatic rings. The third kappa shape index (κ3) is 1.30. The molecule has 0 aliphatic heterocycles. The summed E-state index contributed by atoms with van der Waals surface area (Å²) < 4.78 is 1.47. The normalized spacial score (nSPS) is 10.7. The first-order valence-electron chi connectivity index (χ1n) is 3.86. The quantitative estimate of drug-likeness (QED) is 0.532. The van der Waals surface area contributed by atoms with Crippen LogP contribution in [0, 0.1) is 6.92 Å². The molecule has 0 radical (unpaired) electrons. The first-order valence-corrected chi connectivity index (χ1v) is 3.86. The van der Waals surface area contributed by atoms with Gasteiger partial charge in [-0.25, -0.2) is 9.50 Å². The van der Waals surface area contributed by atoms with Crippen molar-refractivity contribution >= 4 is 18.2 Å². The largest absolute Gasteiger partial charge is 0.508 e. The van der Waals surface area contributed by atoms with E-state index in [2.05, 4.69) is 10.1 Å². The Morgan fingerprint density at radius 2 is 2.15 bits per heavy atom. The molecule has 0 fully saturated rings. The van der Waals surface area contributed by atoms with E-state index in [0.717, 1.165) is 5.52 Å². The molecule has 2 N–H and O–H groups in total. The minimum absolute atomic E-state index is 0.348. The average molecular weight is 177 g/mol. The molecule has 0 aliphatic carbocycles. The number of hydrogen-bond acceptors (Lipinski definition) is 4. The average Bonchev–Trinajstić information content (AvgIpc) is 2.46. The molecule has 2 aromatic heterocycles. The van der Waals surface area contributed by atoms with Gasteiger partial charge in [-0.1, -0.05) is 0 Å². The van der Waals surface area contributed by atoms with Gasteiger partial charge in [-0.2, -0.15) is 5.10 Å². The Morgan fingerprint density at radius 3 is 2.85 bits per heavy atom. The number of rotatable bonds is 1. The van der Waals surface area contributed by atoms with Crippen molar-refractivity contribution in [3.05, 3.63) is 24.2 Å².